The van der Waals surface area contributed by atoms with Gasteiger partial charge in [-0.3, -0.25) is 14.4 Å². The first-order valence-electron chi connectivity index (χ1n) is 12.3. The van der Waals surface area contributed by atoms with Crippen LogP contribution in [0.3, 0.4) is 0 Å². The maximum absolute atomic E-state index is 13.5. The topological polar surface area (TPSA) is 162 Å². The Kier molecular flexibility index (Phi) is 7.99. The van der Waals surface area contributed by atoms with E-state index in [1.807, 2.05) is 30.3 Å². The molecule has 11 heteroatoms. The van der Waals surface area contributed by atoms with Crippen LogP contribution < -0.4 is 11.1 Å². The van der Waals surface area contributed by atoms with Crippen LogP contribution in [0.1, 0.15) is 36.9 Å². The zero-order valence-electron chi connectivity index (χ0n) is 20.0. The van der Waals surface area contributed by atoms with Crippen molar-refractivity contribution in [3.63, 3.8) is 0 Å². The molecule has 4 unspecified atom stereocenters. The number of benzene rings is 1. The number of aliphatic carboxylic acids is 1. The van der Waals surface area contributed by atoms with E-state index in [-0.39, 0.29) is 18.7 Å². The Labute approximate surface area is 209 Å². The molecule has 3 amide bonds. The third kappa shape index (κ3) is 5.73. The lowest BCUT2D eigenvalue weighted by atomic mass is 10.0. The third-order valence-corrected chi connectivity index (χ3v) is 6.87. The zero-order chi connectivity index (χ0) is 25.7. The van der Waals surface area contributed by atoms with Crippen molar-refractivity contribution in [3.8, 4) is 0 Å². The highest BCUT2D eigenvalue weighted by Gasteiger charge is 2.41. The minimum atomic E-state index is -1.05. The van der Waals surface area contributed by atoms with Crippen molar-refractivity contribution in [3.05, 3.63) is 54.1 Å². The van der Waals surface area contributed by atoms with Crippen LogP contribution in [0.4, 0.5) is 0 Å². The molecule has 2 saturated heterocycles. The summed E-state index contributed by atoms with van der Waals surface area (Å²) in [5, 5.41) is 12.4. The second-order valence-corrected chi connectivity index (χ2v) is 9.36. The number of nitrogens with two attached hydrogens (primary N) is 1. The monoisotopic (exact) mass is 496 g/mol. The zero-order valence-corrected chi connectivity index (χ0v) is 20.0. The van der Waals surface area contributed by atoms with E-state index in [0.29, 0.717) is 38.8 Å². The number of carboxylic acid groups (broad SMARTS) is 1. The molecule has 192 valence electrons. The number of carbonyl (C=O) groups excluding carboxylic acids is 3. The molecule has 0 aliphatic carbocycles. The molecular weight excluding hydrogens is 464 g/mol. The Morgan fingerprint density at radius 3 is 2.33 bits per heavy atom. The van der Waals surface area contributed by atoms with Gasteiger partial charge in [-0.2, -0.15) is 0 Å². The fourth-order valence-corrected chi connectivity index (χ4v) is 5.04. The number of nitrogens with zero attached hydrogens (tertiary/aromatic N) is 3. The SMILES string of the molecule is NC(Cc1cnc[nH]1)C(=O)N1CCCC1C(=O)NC(Cc1ccccc1)C(=O)N1CCCC1C(=O)O. The molecule has 0 radical (unpaired) electrons. The van der Waals surface area contributed by atoms with Crippen molar-refractivity contribution >= 4 is 23.7 Å². The summed E-state index contributed by atoms with van der Waals surface area (Å²) in [6.45, 7) is 0.728. The van der Waals surface area contributed by atoms with Crippen molar-refractivity contribution in [2.45, 2.75) is 62.7 Å². The molecular formula is C25H32N6O5. The Morgan fingerprint density at radius 1 is 1.03 bits per heavy atom. The van der Waals surface area contributed by atoms with Crippen molar-refractivity contribution in [1.82, 2.24) is 25.1 Å². The fourth-order valence-electron chi connectivity index (χ4n) is 5.04. The minimum absolute atomic E-state index is 0.217. The quantitative estimate of drug-likeness (QED) is 0.382. The Hall–Kier alpha value is -3.73. The van der Waals surface area contributed by atoms with Crippen LogP contribution in [0, 0.1) is 0 Å². The van der Waals surface area contributed by atoms with E-state index in [1.54, 1.807) is 6.20 Å². The van der Waals surface area contributed by atoms with E-state index in [0.717, 1.165) is 11.3 Å². The molecule has 1 aromatic heterocycles. The van der Waals surface area contributed by atoms with Gasteiger partial charge in [0.25, 0.3) is 0 Å². The molecule has 4 rings (SSSR count). The lowest BCUT2D eigenvalue weighted by molar-refractivity contribution is -0.149. The molecule has 4 atom stereocenters. The van der Waals surface area contributed by atoms with Crippen molar-refractivity contribution < 1.29 is 24.3 Å². The molecule has 0 bridgehead atoms. The lowest BCUT2D eigenvalue weighted by Gasteiger charge is -2.30. The predicted octanol–water partition coefficient (Wildman–Crippen LogP) is 0.0736. The van der Waals surface area contributed by atoms with E-state index >= 15 is 0 Å². The van der Waals surface area contributed by atoms with Gasteiger partial charge in [0.15, 0.2) is 0 Å². The maximum atomic E-state index is 13.5. The van der Waals surface area contributed by atoms with Gasteiger partial charge in [-0.15, -0.1) is 0 Å². The first-order valence-corrected chi connectivity index (χ1v) is 12.3. The number of H-pyrrole nitrogens is 1. The molecule has 2 aliphatic heterocycles. The highest BCUT2D eigenvalue weighted by molar-refractivity contribution is 5.94. The van der Waals surface area contributed by atoms with Crippen molar-refractivity contribution in [1.29, 1.82) is 0 Å². The van der Waals surface area contributed by atoms with Gasteiger partial charge >= 0.3 is 5.97 Å². The molecule has 2 aliphatic rings. The Bertz CT molecular complexity index is 1080. The molecule has 0 spiro atoms. The number of likely N-dealkylation sites (tertiary alicyclic amines) is 2. The van der Waals surface area contributed by atoms with E-state index in [4.69, 9.17) is 5.73 Å². The van der Waals surface area contributed by atoms with Gasteiger partial charge in [-0.05, 0) is 31.2 Å². The summed E-state index contributed by atoms with van der Waals surface area (Å²) < 4.78 is 0. The summed E-state index contributed by atoms with van der Waals surface area (Å²) in [4.78, 5) is 61.3. The number of amides is 3. The van der Waals surface area contributed by atoms with Gasteiger partial charge in [0.05, 0.1) is 12.4 Å². The molecule has 11 nitrogen and oxygen atoms in total. The van der Waals surface area contributed by atoms with Crippen molar-refractivity contribution in [2.24, 2.45) is 5.73 Å². The van der Waals surface area contributed by atoms with Crippen LogP contribution in [-0.4, -0.2) is 85.8 Å². The lowest BCUT2D eigenvalue weighted by Crippen LogP contribution is -2.57. The van der Waals surface area contributed by atoms with Crippen molar-refractivity contribution in [2.75, 3.05) is 13.1 Å². The fraction of sp³-hybridized carbons (Fsp3) is 0.480. The highest BCUT2D eigenvalue weighted by atomic mass is 16.4. The number of aromatic nitrogens is 2. The largest absolute Gasteiger partial charge is 0.480 e. The van der Waals surface area contributed by atoms with Gasteiger partial charge in [0, 0.05) is 37.8 Å². The van der Waals surface area contributed by atoms with Crippen LogP contribution in [-0.2, 0) is 32.0 Å². The van der Waals surface area contributed by atoms with Gasteiger partial charge in [-0.25, -0.2) is 9.78 Å². The maximum Gasteiger partial charge on any atom is 0.326 e. The van der Waals surface area contributed by atoms with E-state index < -0.39 is 42.0 Å². The van der Waals surface area contributed by atoms with Gasteiger partial charge < -0.3 is 30.9 Å². The summed E-state index contributed by atoms with van der Waals surface area (Å²) in [6.07, 6.45) is 5.67. The van der Waals surface area contributed by atoms with E-state index in [2.05, 4.69) is 15.3 Å². The molecule has 2 fully saturated rings. The summed E-state index contributed by atoms with van der Waals surface area (Å²) in [5.41, 5.74) is 7.70. The molecule has 0 saturated carbocycles. The van der Waals surface area contributed by atoms with Crippen LogP contribution >= 0.6 is 0 Å². The Morgan fingerprint density at radius 2 is 1.69 bits per heavy atom. The third-order valence-electron chi connectivity index (χ3n) is 6.87. The summed E-state index contributed by atoms with van der Waals surface area (Å²) >= 11 is 0. The smallest absolute Gasteiger partial charge is 0.326 e. The average Bonchev–Trinajstić information content (AvgIpc) is 3.65. The second-order valence-electron chi connectivity index (χ2n) is 9.36. The molecule has 36 heavy (non-hydrogen) atoms. The molecule has 3 heterocycles. The van der Waals surface area contributed by atoms with Crippen LogP contribution in [0.15, 0.2) is 42.9 Å². The summed E-state index contributed by atoms with van der Waals surface area (Å²) in [7, 11) is 0. The normalized spacial score (nSPS) is 21.2. The standard InChI is InChI=1S/C25H32N6O5/c26-18(13-17-14-27-15-28-17)23(33)30-10-4-8-20(30)22(32)29-19(12-16-6-2-1-3-7-16)24(34)31-11-5-9-21(31)25(35)36/h1-3,6-7,14-15,18-21H,4-5,8-13,26H2,(H,27,28)(H,29,32)(H,35,36). The number of hydrogen-bond acceptors (Lipinski definition) is 6. The van der Waals surface area contributed by atoms with E-state index in [9.17, 15) is 24.3 Å². The van der Waals surface area contributed by atoms with Crippen LogP contribution in [0.5, 0.6) is 0 Å². The number of nitrogens with one attached hydrogen (secondary N) is 2. The first kappa shape index (κ1) is 25.4. The first-order chi connectivity index (χ1) is 17.3. The molecule has 2 aromatic rings. The average molecular weight is 497 g/mol. The summed E-state index contributed by atoms with van der Waals surface area (Å²) in [5.74, 6) is -2.25. The van der Waals surface area contributed by atoms with Gasteiger partial charge in [0.2, 0.25) is 17.7 Å². The Balaban J connectivity index is 1.48. The number of rotatable bonds is 9. The number of carbonyl (C=O) groups is 4. The second kappa shape index (κ2) is 11.3. The molecule has 1 aromatic carbocycles. The van der Waals surface area contributed by atoms with Crippen LogP contribution in [0.2, 0.25) is 0 Å². The molecule has 5 N–H and O–H groups in total. The number of imidazole rings is 1. The highest BCUT2D eigenvalue weighted by Crippen LogP contribution is 2.22. The number of aromatic amines is 1. The number of hydrogen-bond donors (Lipinski definition) is 4. The summed E-state index contributed by atoms with van der Waals surface area (Å²) in [6, 6.07) is 5.81. The predicted molar refractivity (Wildman–Crippen MR) is 129 cm³/mol. The number of carboxylic acids is 1. The van der Waals surface area contributed by atoms with Gasteiger partial charge in [-0.1, -0.05) is 30.3 Å². The minimum Gasteiger partial charge on any atom is -0.480 e. The van der Waals surface area contributed by atoms with E-state index in [1.165, 1.54) is 16.1 Å². The van der Waals surface area contributed by atoms with Gasteiger partial charge in [0.1, 0.15) is 18.1 Å². The van der Waals surface area contributed by atoms with Crippen LogP contribution in [0.25, 0.3) is 0 Å².